The lowest BCUT2D eigenvalue weighted by atomic mass is 9.86. The summed E-state index contributed by atoms with van der Waals surface area (Å²) in [5.74, 6) is 0.474. The van der Waals surface area contributed by atoms with Crippen molar-refractivity contribution in [2.24, 2.45) is 5.92 Å². The fraction of sp³-hybridized carbons (Fsp3) is 0.472. The van der Waals surface area contributed by atoms with Crippen LogP contribution in [0, 0.1) is 5.92 Å². The van der Waals surface area contributed by atoms with Crippen LogP contribution in [0.3, 0.4) is 0 Å². The van der Waals surface area contributed by atoms with E-state index in [1.54, 1.807) is 30.3 Å². The van der Waals surface area contributed by atoms with Gasteiger partial charge in [-0.3, -0.25) is 4.79 Å². The van der Waals surface area contributed by atoms with Crippen LogP contribution in [0.1, 0.15) is 92.6 Å². The predicted molar refractivity (Wildman–Crippen MR) is 177 cm³/mol. The molecule has 0 aromatic heterocycles. The molecule has 10 heteroatoms. The van der Waals surface area contributed by atoms with Crippen molar-refractivity contribution in [3.8, 4) is 0 Å². The molecule has 2 aromatic carbocycles. The maximum absolute atomic E-state index is 13.4. The number of hydrogen-bond acceptors (Lipinski definition) is 4. The number of allylic oxidation sites excluding steroid dienone is 4. The second kappa shape index (κ2) is 16.6. The van der Waals surface area contributed by atoms with E-state index in [4.69, 9.17) is 0 Å². The Labute approximate surface area is 271 Å². The van der Waals surface area contributed by atoms with Crippen molar-refractivity contribution in [1.82, 2.24) is 15.4 Å². The topological polar surface area (TPSA) is 87.3 Å². The largest absolute Gasteiger partial charge is 0.416 e. The molecule has 1 amide bonds. The minimum Gasteiger partial charge on any atom is -0.349 e. The van der Waals surface area contributed by atoms with Crippen LogP contribution in [0.4, 0.5) is 13.2 Å². The third-order valence-corrected chi connectivity index (χ3v) is 10.5. The summed E-state index contributed by atoms with van der Waals surface area (Å²) in [6.45, 7) is 6.62. The van der Waals surface area contributed by atoms with Crippen LogP contribution in [-0.2, 0) is 27.7 Å². The first-order valence-electron chi connectivity index (χ1n) is 16.3. The molecular weight excluding hydrogens is 611 g/mol. The van der Waals surface area contributed by atoms with Crippen LogP contribution in [-0.4, -0.2) is 33.6 Å². The molecule has 4 rings (SSSR count). The van der Waals surface area contributed by atoms with Gasteiger partial charge in [-0.15, -0.1) is 0 Å². The zero-order valence-electron chi connectivity index (χ0n) is 26.5. The minimum atomic E-state index is -4.77. The Morgan fingerprint density at radius 2 is 1.80 bits per heavy atom. The Balaban J connectivity index is 1.41. The fourth-order valence-electron chi connectivity index (χ4n) is 6.44. The number of aryl methyl sites for hydroxylation is 2. The zero-order chi connectivity index (χ0) is 33.2. The van der Waals surface area contributed by atoms with Crippen LogP contribution in [0.5, 0.6) is 0 Å². The summed E-state index contributed by atoms with van der Waals surface area (Å²) in [6.07, 6.45) is 7.27. The summed E-state index contributed by atoms with van der Waals surface area (Å²) >= 11 is 0. The van der Waals surface area contributed by atoms with Crippen molar-refractivity contribution in [1.29, 1.82) is 0 Å². The first kappa shape index (κ1) is 35.6. The van der Waals surface area contributed by atoms with E-state index >= 15 is 0 Å². The second-order valence-electron chi connectivity index (χ2n) is 12.3. The van der Waals surface area contributed by atoms with Gasteiger partial charge >= 0.3 is 6.18 Å². The molecule has 0 aliphatic heterocycles. The molecule has 0 spiro atoms. The summed E-state index contributed by atoms with van der Waals surface area (Å²) in [6, 6.07) is 13.8. The average molecular weight is 658 g/mol. The highest BCUT2D eigenvalue weighted by molar-refractivity contribution is 7.93. The lowest BCUT2D eigenvalue weighted by molar-refractivity contribution is -0.122. The molecule has 1 fully saturated rings. The van der Waals surface area contributed by atoms with Gasteiger partial charge in [-0.05, 0) is 99.2 Å². The van der Waals surface area contributed by atoms with E-state index in [0.29, 0.717) is 17.7 Å². The van der Waals surface area contributed by atoms with Crippen LogP contribution in [0.2, 0.25) is 0 Å². The van der Waals surface area contributed by atoms with Crippen molar-refractivity contribution < 1.29 is 26.4 Å². The monoisotopic (exact) mass is 657 g/mol. The smallest absolute Gasteiger partial charge is 0.349 e. The van der Waals surface area contributed by atoms with Crippen molar-refractivity contribution in [2.75, 3.05) is 13.1 Å². The van der Waals surface area contributed by atoms with E-state index in [2.05, 4.69) is 40.1 Å². The Morgan fingerprint density at radius 1 is 1.07 bits per heavy atom. The number of fused-ring (bicyclic) bond motifs is 1. The molecule has 0 heterocycles. The molecule has 3 N–H and O–H groups in total. The molecule has 46 heavy (non-hydrogen) atoms. The Morgan fingerprint density at radius 3 is 2.48 bits per heavy atom. The van der Waals surface area contributed by atoms with E-state index in [-0.39, 0.29) is 18.4 Å². The fourth-order valence-corrected chi connectivity index (χ4v) is 7.77. The van der Waals surface area contributed by atoms with Gasteiger partial charge in [-0.2, -0.15) is 13.2 Å². The summed E-state index contributed by atoms with van der Waals surface area (Å²) < 4.78 is 69.1. The van der Waals surface area contributed by atoms with Gasteiger partial charge in [0.25, 0.3) is 0 Å². The van der Waals surface area contributed by atoms with Gasteiger partial charge in [0.05, 0.1) is 22.6 Å². The number of rotatable bonds is 15. The summed E-state index contributed by atoms with van der Waals surface area (Å²) in [7, 11) is -4.43. The van der Waals surface area contributed by atoms with E-state index in [1.165, 1.54) is 43.7 Å². The number of amides is 1. The molecule has 1 saturated carbocycles. The zero-order valence-corrected chi connectivity index (χ0v) is 27.4. The highest BCUT2D eigenvalue weighted by atomic mass is 32.2. The Kier molecular flexibility index (Phi) is 12.8. The molecule has 2 aliphatic rings. The quantitative estimate of drug-likeness (QED) is 0.137. The van der Waals surface area contributed by atoms with Gasteiger partial charge in [0.15, 0.2) is 0 Å². The standard InChI is InChI=1S/C36H46F3N3O3S/c1-3-30(36(37,38)39)23-31(4-2)46(44,45)42-34(28-15-6-5-7-16-28)24-35(43)41-33-18-10-17-29-22-26(19-20-32(29)33)14-11-21-40-25-27-12-8-9-13-27/h3-7,15-16,19-20,22-23,27,33-34,40,42H,1,8-14,17-18,21,24-25H2,2H3,(H,41,43)/b30-23+,31-4+/t33-,34-/m1/s1. The Bertz CT molecular complexity index is 1500. The lowest BCUT2D eigenvalue weighted by Crippen LogP contribution is -2.36. The number of carbonyl (C=O) groups excluding carboxylic acids is 1. The summed E-state index contributed by atoms with van der Waals surface area (Å²) in [5, 5.41) is 6.71. The third kappa shape index (κ3) is 10.1. The maximum Gasteiger partial charge on any atom is 0.416 e. The SMILES string of the molecule is C=C/C(=C\C(=C/C)S(=O)(=O)N[C@H](CC(=O)N[C@@H]1CCCc2cc(CCCNCC3CCCC3)ccc21)c1ccccc1)C(F)(F)F. The van der Waals surface area contributed by atoms with E-state index < -0.39 is 32.7 Å². The summed E-state index contributed by atoms with van der Waals surface area (Å²) in [5.41, 5.74) is 2.92. The van der Waals surface area contributed by atoms with E-state index in [1.807, 2.05) is 0 Å². The second-order valence-corrected chi connectivity index (χ2v) is 14.0. The van der Waals surface area contributed by atoms with Crippen LogP contribution in [0.15, 0.2) is 83.8 Å². The number of nitrogens with one attached hydrogen (secondary N) is 3. The molecule has 2 aromatic rings. The van der Waals surface area contributed by atoms with Crippen molar-refractivity contribution in [3.63, 3.8) is 0 Å². The van der Waals surface area contributed by atoms with Gasteiger partial charge < -0.3 is 10.6 Å². The number of carbonyl (C=O) groups is 1. The molecule has 0 unspecified atom stereocenters. The predicted octanol–water partition coefficient (Wildman–Crippen LogP) is 7.52. The molecule has 250 valence electrons. The number of benzene rings is 2. The van der Waals surface area contributed by atoms with Crippen LogP contribution >= 0.6 is 0 Å². The molecule has 0 radical (unpaired) electrons. The molecule has 2 atom stereocenters. The Hall–Kier alpha value is -3.21. The van der Waals surface area contributed by atoms with Crippen LogP contribution in [0.25, 0.3) is 0 Å². The number of alkyl halides is 3. The number of hydrogen-bond donors (Lipinski definition) is 3. The van der Waals surface area contributed by atoms with Crippen LogP contribution < -0.4 is 15.4 Å². The number of halogens is 3. The third-order valence-electron chi connectivity index (χ3n) is 8.91. The molecule has 0 saturated heterocycles. The lowest BCUT2D eigenvalue weighted by Gasteiger charge is -2.28. The average Bonchev–Trinajstić information content (AvgIpc) is 3.54. The van der Waals surface area contributed by atoms with Crippen molar-refractivity contribution in [2.45, 2.75) is 89.4 Å². The van der Waals surface area contributed by atoms with Gasteiger partial charge in [0.1, 0.15) is 0 Å². The molecular formula is C36H46F3N3O3S. The van der Waals surface area contributed by atoms with E-state index in [9.17, 15) is 26.4 Å². The highest BCUT2D eigenvalue weighted by Crippen LogP contribution is 2.32. The molecule has 2 aliphatic carbocycles. The van der Waals surface area contributed by atoms with Gasteiger partial charge in [-0.25, -0.2) is 13.1 Å². The minimum absolute atomic E-state index is 0.206. The first-order chi connectivity index (χ1) is 22.0. The van der Waals surface area contributed by atoms with Gasteiger partial charge in [-0.1, -0.05) is 80.1 Å². The van der Waals surface area contributed by atoms with E-state index in [0.717, 1.165) is 62.8 Å². The summed E-state index contributed by atoms with van der Waals surface area (Å²) in [4.78, 5) is 12.8. The normalized spacial score (nSPS) is 18.7. The molecule has 6 nitrogen and oxygen atoms in total. The molecule has 0 bridgehead atoms. The van der Waals surface area contributed by atoms with Gasteiger partial charge in [0, 0.05) is 6.42 Å². The van der Waals surface area contributed by atoms with Crippen molar-refractivity contribution in [3.05, 3.63) is 106 Å². The van der Waals surface area contributed by atoms with Crippen molar-refractivity contribution >= 4 is 15.9 Å². The van der Waals surface area contributed by atoms with Gasteiger partial charge in [0.2, 0.25) is 15.9 Å². The maximum atomic E-state index is 13.4. The number of sulfonamides is 1. The highest BCUT2D eigenvalue weighted by Gasteiger charge is 2.33. The first-order valence-corrected chi connectivity index (χ1v) is 17.7.